The Morgan fingerprint density at radius 3 is 2.79 bits per heavy atom. The number of anilines is 1. The van der Waals surface area contributed by atoms with Crippen molar-refractivity contribution in [3.05, 3.63) is 18.1 Å². The van der Waals surface area contributed by atoms with Crippen molar-refractivity contribution in [1.82, 2.24) is 9.97 Å². The van der Waals surface area contributed by atoms with E-state index >= 15 is 0 Å². The van der Waals surface area contributed by atoms with Gasteiger partial charge in [-0.1, -0.05) is 0 Å². The third-order valence-electron chi connectivity index (χ3n) is 1.64. The topological polar surface area (TPSA) is 49.2 Å². The number of aliphatic hydroxyl groups is 1. The summed E-state index contributed by atoms with van der Waals surface area (Å²) in [6.45, 7) is -0.646. The minimum Gasteiger partial charge on any atom is -0.390 e. The van der Waals surface area contributed by atoms with E-state index < -0.39 is 13.0 Å². The van der Waals surface area contributed by atoms with Crippen LogP contribution in [-0.4, -0.2) is 35.1 Å². The first-order valence-electron chi connectivity index (χ1n) is 4.04. The van der Waals surface area contributed by atoms with Crippen molar-refractivity contribution in [3.63, 3.8) is 0 Å². The zero-order valence-corrected chi connectivity index (χ0v) is 7.69. The number of alkyl halides is 2. The zero-order chi connectivity index (χ0) is 10.6. The molecule has 14 heavy (non-hydrogen) atoms. The van der Waals surface area contributed by atoms with Gasteiger partial charge in [-0.15, -0.1) is 0 Å². The first kappa shape index (κ1) is 10.8. The molecule has 0 aliphatic rings. The number of halogens is 2. The lowest BCUT2D eigenvalue weighted by Gasteiger charge is -2.17. The minimum absolute atomic E-state index is 0.247. The van der Waals surface area contributed by atoms with Crippen LogP contribution in [0.2, 0.25) is 0 Å². The monoisotopic (exact) mass is 203 g/mol. The van der Waals surface area contributed by atoms with Gasteiger partial charge in [-0.05, 0) is 0 Å². The average Bonchev–Trinajstić information content (AvgIpc) is 2.17. The molecular formula is C8H11F2N3O. The van der Waals surface area contributed by atoms with Crippen LogP contribution >= 0.6 is 0 Å². The summed E-state index contributed by atoms with van der Waals surface area (Å²) in [6, 6.07) is 0. The quantitative estimate of drug-likeness (QED) is 0.781. The molecule has 0 aliphatic heterocycles. The summed E-state index contributed by atoms with van der Waals surface area (Å²) < 4.78 is 24.0. The van der Waals surface area contributed by atoms with Crippen LogP contribution in [0.3, 0.4) is 0 Å². The highest BCUT2D eigenvalue weighted by Gasteiger charge is 2.10. The molecule has 1 N–H and O–H groups in total. The molecular weight excluding hydrogens is 192 g/mol. The smallest absolute Gasteiger partial charge is 0.255 e. The average molecular weight is 203 g/mol. The number of hydrogen-bond donors (Lipinski definition) is 1. The molecule has 0 amide bonds. The fraction of sp³-hybridized carbons (Fsp3) is 0.500. The molecule has 0 unspecified atom stereocenters. The fourth-order valence-corrected chi connectivity index (χ4v) is 0.955. The maximum atomic E-state index is 12.0. The van der Waals surface area contributed by atoms with Gasteiger partial charge in [0.25, 0.3) is 6.43 Å². The molecule has 0 saturated heterocycles. The van der Waals surface area contributed by atoms with Crippen molar-refractivity contribution in [1.29, 1.82) is 0 Å². The number of aromatic nitrogens is 2. The van der Waals surface area contributed by atoms with Crippen LogP contribution in [0, 0.1) is 0 Å². The first-order valence-corrected chi connectivity index (χ1v) is 4.04. The van der Waals surface area contributed by atoms with E-state index in [-0.39, 0.29) is 6.61 Å². The van der Waals surface area contributed by atoms with Crippen LogP contribution in [0.5, 0.6) is 0 Å². The van der Waals surface area contributed by atoms with Gasteiger partial charge >= 0.3 is 0 Å². The number of rotatable bonds is 4. The second-order valence-corrected chi connectivity index (χ2v) is 2.80. The summed E-state index contributed by atoms with van der Waals surface area (Å²) in [5.41, 5.74) is 0.364. The van der Waals surface area contributed by atoms with Gasteiger partial charge in [0.1, 0.15) is 5.82 Å². The molecule has 0 radical (unpaired) electrons. The van der Waals surface area contributed by atoms with Gasteiger partial charge < -0.3 is 10.0 Å². The van der Waals surface area contributed by atoms with E-state index in [0.29, 0.717) is 11.5 Å². The van der Waals surface area contributed by atoms with Crippen molar-refractivity contribution in [2.45, 2.75) is 13.0 Å². The zero-order valence-electron chi connectivity index (χ0n) is 7.69. The molecule has 0 saturated carbocycles. The van der Waals surface area contributed by atoms with Gasteiger partial charge in [-0.25, -0.2) is 13.8 Å². The lowest BCUT2D eigenvalue weighted by molar-refractivity contribution is 0.156. The van der Waals surface area contributed by atoms with E-state index in [4.69, 9.17) is 5.11 Å². The normalized spacial score (nSPS) is 10.6. The Morgan fingerprint density at radius 2 is 2.21 bits per heavy atom. The van der Waals surface area contributed by atoms with Crippen LogP contribution in [0.15, 0.2) is 12.4 Å². The van der Waals surface area contributed by atoms with E-state index in [0.717, 1.165) is 0 Å². The van der Waals surface area contributed by atoms with E-state index in [1.165, 1.54) is 24.3 Å². The molecule has 0 aromatic carbocycles. The number of hydrogen-bond acceptors (Lipinski definition) is 4. The maximum Gasteiger partial charge on any atom is 0.255 e. The molecule has 0 atom stereocenters. The second-order valence-electron chi connectivity index (χ2n) is 2.80. The van der Waals surface area contributed by atoms with Crippen LogP contribution < -0.4 is 4.90 Å². The molecule has 0 bridgehead atoms. The van der Waals surface area contributed by atoms with Crippen molar-refractivity contribution >= 4 is 5.82 Å². The highest BCUT2D eigenvalue weighted by Crippen LogP contribution is 2.09. The predicted molar refractivity (Wildman–Crippen MR) is 47.2 cm³/mol. The Balaban J connectivity index is 2.73. The summed E-state index contributed by atoms with van der Waals surface area (Å²) in [5.74, 6) is 0.330. The Kier molecular flexibility index (Phi) is 3.70. The van der Waals surface area contributed by atoms with Crippen molar-refractivity contribution in [2.24, 2.45) is 0 Å². The van der Waals surface area contributed by atoms with Crippen LogP contribution in [0.4, 0.5) is 14.6 Å². The molecule has 1 heterocycles. The van der Waals surface area contributed by atoms with Crippen molar-refractivity contribution < 1.29 is 13.9 Å². The molecule has 78 valence electrons. The highest BCUT2D eigenvalue weighted by atomic mass is 19.3. The highest BCUT2D eigenvalue weighted by molar-refractivity contribution is 5.34. The van der Waals surface area contributed by atoms with E-state index in [9.17, 15) is 8.78 Å². The van der Waals surface area contributed by atoms with Gasteiger partial charge in [0, 0.05) is 7.05 Å². The largest absolute Gasteiger partial charge is 0.390 e. The Bertz CT molecular complexity index is 296. The Morgan fingerprint density at radius 1 is 1.50 bits per heavy atom. The van der Waals surface area contributed by atoms with Crippen molar-refractivity contribution in [2.75, 3.05) is 18.5 Å². The van der Waals surface area contributed by atoms with E-state index in [1.807, 2.05) is 0 Å². The molecule has 1 aromatic rings. The van der Waals surface area contributed by atoms with Gasteiger partial charge in [-0.3, -0.25) is 4.98 Å². The standard InChI is InChI=1S/C8H11F2N3O/c1-13(4-7(9)10)8-3-11-2-6(5-14)12-8/h2-3,7,14H,4-5H2,1H3. The van der Waals surface area contributed by atoms with Crippen molar-refractivity contribution in [3.8, 4) is 0 Å². The molecule has 6 heteroatoms. The predicted octanol–water partition coefficient (Wildman–Crippen LogP) is 0.670. The maximum absolute atomic E-state index is 12.0. The van der Waals surface area contributed by atoms with Gasteiger partial charge in [0.2, 0.25) is 0 Å². The molecule has 0 aliphatic carbocycles. The molecule has 0 spiro atoms. The second kappa shape index (κ2) is 4.80. The lowest BCUT2D eigenvalue weighted by atomic mass is 10.4. The number of nitrogens with zero attached hydrogens (tertiary/aromatic N) is 3. The SMILES string of the molecule is CN(CC(F)F)c1cncc(CO)n1. The Hall–Kier alpha value is -1.30. The minimum atomic E-state index is -2.42. The molecule has 4 nitrogen and oxygen atoms in total. The van der Waals surface area contributed by atoms with E-state index in [2.05, 4.69) is 9.97 Å². The van der Waals surface area contributed by atoms with Crippen LogP contribution in [0.25, 0.3) is 0 Å². The van der Waals surface area contributed by atoms with Gasteiger partial charge in [0.05, 0.1) is 31.2 Å². The molecule has 1 rings (SSSR count). The first-order chi connectivity index (χ1) is 6.63. The molecule has 0 fully saturated rings. The number of aliphatic hydroxyl groups excluding tert-OH is 1. The van der Waals surface area contributed by atoms with Gasteiger partial charge in [0.15, 0.2) is 0 Å². The third kappa shape index (κ3) is 2.88. The summed E-state index contributed by atoms with van der Waals surface area (Å²) >= 11 is 0. The third-order valence-corrected chi connectivity index (χ3v) is 1.64. The molecule has 1 aromatic heterocycles. The van der Waals surface area contributed by atoms with E-state index in [1.54, 1.807) is 0 Å². The summed E-state index contributed by atoms with van der Waals surface area (Å²) in [5, 5.41) is 8.76. The summed E-state index contributed by atoms with van der Waals surface area (Å²) in [6.07, 6.45) is 0.348. The van der Waals surface area contributed by atoms with Gasteiger partial charge in [-0.2, -0.15) is 0 Å². The van der Waals surface area contributed by atoms with Crippen LogP contribution in [-0.2, 0) is 6.61 Å². The van der Waals surface area contributed by atoms with Crippen LogP contribution in [0.1, 0.15) is 5.69 Å². The lowest BCUT2D eigenvalue weighted by Crippen LogP contribution is -2.25. The Labute approximate surface area is 80.2 Å². The summed E-state index contributed by atoms with van der Waals surface area (Å²) in [4.78, 5) is 8.99. The fourth-order valence-electron chi connectivity index (χ4n) is 0.955. The summed E-state index contributed by atoms with van der Waals surface area (Å²) in [7, 11) is 1.50.